The molecule has 8 nitrogen and oxygen atoms in total. The molecule has 2 aromatic heterocycles. The van der Waals surface area contributed by atoms with Crippen LogP contribution < -0.4 is 15.4 Å². The van der Waals surface area contributed by atoms with Crippen LogP contribution >= 0.6 is 0 Å². The van der Waals surface area contributed by atoms with Gasteiger partial charge in [-0.3, -0.25) is 4.68 Å². The van der Waals surface area contributed by atoms with Gasteiger partial charge in [-0.25, -0.2) is 14.8 Å². The van der Waals surface area contributed by atoms with Gasteiger partial charge >= 0.3 is 6.03 Å². The first-order valence-electron chi connectivity index (χ1n) is 10.1. The first-order chi connectivity index (χ1) is 14.6. The lowest BCUT2D eigenvalue weighted by Crippen LogP contribution is -2.40. The van der Waals surface area contributed by atoms with Crippen molar-refractivity contribution in [2.45, 2.75) is 44.7 Å². The smallest absolute Gasteiger partial charge is 0.319 e. The number of hydrogen-bond donors (Lipinski definition) is 2. The molecule has 0 spiro atoms. The van der Waals surface area contributed by atoms with Gasteiger partial charge in [0.05, 0.1) is 25.0 Å². The van der Waals surface area contributed by atoms with Crippen LogP contribution in [0.15, 0.2) is 49.2 Å². The Morgan fingerprint density at radius 2 is 2.03 bits per heavy atom. The molecule has 1 aliphatic rings. The van der Waals surface area contributed by atoms with Crippen molar-refractivity contribution in [3.63, 3.8) is 0 Å². The Labute approximate surface area is 175 Å². The van der Waals surface area contributed by atoms with E-state index >= 15 is 0 Å². The number of nitrogens with one attached hydrogen (secondary N) is 2. The lowest BCUT2D eigenvalue weighted by molar-refractivity contribution is 0.236. The number of aromatic nitrogens is 4. The maximum absolute atomic E-state index is 12.4. The quantitative estimate of drug-likeness (QED) is 0.669. The Kier molecular flexibility index (Phi) is 5.92. The van der Waals surface area contributed by atoms with Crippen molar-refractivity contribution < 1.29 is 9.53 Å². The molecular formula is C22H26N6O2. The summed E-state index contributed by atoms with van der Waals surface area (Å²) in [6, 6.07) is 7.82. The summed E-state index contributed by atoms with van der Waals surface area (Å²) in [7, 11) is 1.63. The van der Waals surface area contributed by atoms with Crippen LogP contribution in [0.4, 0.5) is 10.5 Å². The van der Waals surface area contributed by atoms with Gasteiger partial charge in [0.2, 0.25) is 0 Å². The summed E-state index contributed by atoms with van der Waals surface area (Å²) in [5.41, 5.74) is 3.62. The molecule has 2 N–H and O–H groups in total. The number of methoxy groups -OCH3 is 1. The zero-order valence-electron chi connectivity index (χ0n) is 17.2. The van der Waals surface area contributed by atoms with Crippen molar-refractivity contribution in [2.24, 2.45) is 0 Å². The van der Waals surface area contributed by atoms with Gasteiger partial charge in [0.1, 0.15) is 12.1 Å². The highest BCUT2D eigenvalue weighted by Gasteiger charge is 2.24. The lowest BCUT2D eigenvalue weighted by atomic mass is 9.91. The Morgan fingerprint density at radius 1 is 1.20 bits per heavy atom. The number of benzene rings is 1. The van der Waals surface area contributed by atoms with Crippen LogP contribution in [0.5, 0.6) is 5.75 Å². The van der Waals surface area contributed by atoms with Crippen molar-refractivity contribution in [1.29, 1.82) is 0 Å². The summed E-state index contributed by atoms with van der Waals surface area (Å²) < 4.78 is 7.23. The predicted molar refractivity (Wildman–Crippen MR) is 114 cm³/mol. The van der Waals surface area contributed by atoms with Gasteiger partial charge in [-0.15, -0.1) is 0 Å². The minimum Gasteiger partial charge on any atom is -0.497 e. The van der Waals surface area contributed by atoms with Crippen LogP contribution in [-0.2, 0) is 0 Å². The maximum atomic E-state index is 12.4. The van der Waals surface area contributed by atoms with Crippen molar-refractivity contribution in [3.8, 4) is 17.0 Å². The van der Waals surface area contributed by atoms with E-state index < -0.39 is 0 Å². The fourth-order valence-electron chi connectivity index (χ4n) is 3.86. The van der Waals surface area contributed by atoms with E-state index in [9.17, 15) is 4.79 Å². The Morgan fingerprint density at radius 3 is 2.73 bits per heavy atom. The second-order valence-electron chi connectivity index (χ2n) is 7.59. The molecule has 1 aliphatic carbocycles. The maximum Gasteiger partial charge on any atom is 0.319 e. The van der Waals surface area contributed by atoms with Crippen LogP contribution in [0, 0.1) is 6.92 Å². The van der Waals surface area contributed by atoms with E-state index in [1.54, 1.807) is 19.6 Å². The molecule has 8 heteroatoms. The number of urea groups is 1. The first-order valence-corrected chi connectivity index (χ1v) is 10.1. The third-order valence-electron chi connectivity index (χ3n) is 5.57. The zero-order chi connectivity index (χ0) is 20.9. The van der Waals surface area contributed by atoms with E-state index in [0.717, 1.165) is 53.9 Å². The number of nitrogens with zero attached hydrogens (tertiary/aromatic N) is 4. The second kappa shape index (κ2) is 8.94. The number of aryl methyl sites for hydroxylation is 1. The molecule has 3 aromatic rings. The highest BCUT2D eigenvalue weighted by molar-refractivity contribution is 5.90. The molecule has 1 aromatic carbocycles. The normalized spacial score (nSPS) is 18.6. The molecule has 30 heavy (non-hydrogen) atoms. The molecule has 156 valence electrons. The summed E-state index contributed by atoms with van der Waals surface area (Å²) >= 11 is 0. The molecular weight excluding hydrogens is 380 g/mol. The van der Waals surface area contributed by atoms with Gasteiger partial charge in [-0.05, 0) is 62.4 Å². The number of ether oxygens (including phenoxy) is 1. The van der Waals surface area contributed by atoms with Crippen LogP contribution in [0.3, 0.4) is 0 Å². The summed E-state index contributed by atoms with van der Waals surface area (Å²) in [5.74, 6) is 0.776. The summed E-state index contributed by atoms with van der Waals surface area (Å²) in [6.45, 7) is 1.95. The largest absolute Gasteiger partial charge is 0.497 e. The third kappa shape index (κ3) is 4.59. The van der Waals surface area contributed by atoms with Crippen molar-refractivity contribution in [3.05, 3.63) is 54.7 Å². The third-order valence-corrected chi connectivity index (χ3v) is 5.57. The minimum atomic E-state index is -0.170. The Balaban J connectivity index is 1.29. The monoisotopic (exact) mass is 406 g/mol. The Bertz CT molecular complexity index is 996. The van der Waals surface area contributed by atoms with E-state index in [1.807, 2.05) is 48.3 Å². The van der Waals surface area contributed by atoms with Crippen LogP contribution in [-0.4, -0.2) is 38.9 Å². The lowest BCUT2D eigenvalue weighted by Gasteiger charge is -2.29. The zero-order valence-corrected chi connectivity index (χ0v) is 17.2. The van der Waals surface area contributed by atoms with Gasteiger partial charge in [0, 0.05) is 29.7 Å². The van der Waals surface area contributed by atoms with Gasteiger partial charge in [-0.2, -0.15) is 5.10 Å². The van der Waals surface area contributed by atoms with Crippen molar-refractivity contribution in [2.75, 3.05) is 12.4 Å². The van der Waals surface area contributed by atoms with Crippen LogP contribution in [0.25, 0.3) is 11.3 Å². The molecule has 0 unspecified atom stereocenters. The van der Waals surface area contributed by atoms with Gasteiger partial charge in [0.25, 0.3) is 0 Å². The molecule has 0 bridgehead atoms. The first kappa shape index (κ1) is 19.9. The molecule has 0 atom stereocenters. The number of carbonyl (C=O) groups excluding carboxylic acids is 1. The number of carbonyl (C=O) groups is 1. The Hall–Kier alpha value is -3.42. The minimum absolute atomic E-state index is 0.164. The van der Waals surface area contributed by atoms with E-state index in [4.69, 9.17) is 4.74 Å². The number of anilines is 1. The summed E-state index contributed by atoms with van der Waals surface area (Å²) in [6.07, 6.45) is 10.9. The summed E-state index contributed by atoms with van der Waals surface area (Å²) in [5, 5.41) is 10.6. The molecule has 0 saturated heterocycles. The van der Waals surface area contributed by atoms with E-state index in [1.165, 1.54) is 0 Å². The average Bonchev–Trinajstić information content (AvgIpc) is 3.26. The fraction of sp³-hybridized carbons (Fsp3) is 0.364. The predicted octanol–water partition coefficient (Wildman–Crippen LogP) is 3.96. The van der Waals surface area contributed by atoms with Crippen molar-refractivity contribution >= 4 is 11.7 Å². The highest BCUT2D eigenvalue weighted by atomic mass is 16.5. The molecule has 1 saturated carbocycles. The highest BCUT2D eigenvalue weighted by Crippen LogP contribution is 2.29. The molecule has 2 heterocycles. The van der Waals surface area contributed by atoms with Crippen molar-refractivity contribution in [1.82, 2.24) is 25.1 Å². The SMILES string of the molecule is COc1ccc(NC(=O)NC2CCC(n3cc(-c4ccncn4)cn3)CC2)c(C)c1. The standard InChI is InChI=1S/C22H26N6O2/c1-15-11-19(30-2)7-8-20(15)27-22(29)26-17-3-5-18(6-4-17)28-13-16(12-25-28)21-9-10-23-14-24-21/h7-14,17-18H,3-6H2,1-2H3,(H2,26,27,29). The molecule has 2 amide bonds. The molecule has 1 fully saturated rings. The average molecular weight is 406 g/mol. The van der Waals surface area contributed by atoms with Gasteiger partial charge < -0.3 is 15.4 Å². The van der Waals surface area contributed by atoms with Gasteiger partial charge in [-0.1, -0.05) is 0 Å². The summed E-state index contributed by atoms with van der Waals surface area (Å²) in [4.78, 5) is 20.6. The molecule has 0 radical (unpaired) electrons. The van der Waals surface area contributed by atoms with Crippen LogP contribution in [0.1, 0.15) is 37.3 Å². The van der Waals surface area contributed by atoms with E-state index in [-0.39, 0.29) is 12.1 Å². The van der Waals surface area contributed by atoms with E-state index in [0.29, 0.717) is 6.04 Å². The number of hydrogen-bond acceptors (Lipinski definition) is 5. The van der Waals surface area contributed by atoms with E-state index in [2.05, 4.69) is 25.7 Å². The topological polar surface area (TPSA) is 94.0 Å². The van der Waals surface area contributed by atoms with Crippen LogP contribution in [0.2, 0.25) is 0 Å². The molecule has 0 aliphatic heterocycles. The van der Waals surface area contributed by atoms with Gasteiger partial charge in [0.15, 0.2) is 0 Å². The number of rotatable bonds is 5. The fourth-order valence-corrected chi connectivity index (χ4v) is 3.86. The second-order valence-corrected chi connectivity index (χ2v) is 7.59. The molecule has 4 rings (SSSR count). The number of amides is 2.